The van der Waals surface area contributed by atoms with E-state index in [1.807, 2.05) is 31.1 Å². The van der Waals surface area contributed by atoms with Gasteiger partial charge in [-0.15, -0.1) is 0 Å². The molecule has 35 heavy (non-hydrogen) atoms. The number of nitrogens with zero attached hydrogens (tertiary/aromatic N) is 2. The number of esters is 1. The third-order valence-corrected chi connectivity index (χ3v) is 5.84. The van der Waals surface area contributed by atoms with Crippen LogP contribution in [-0.2, 0) is 9.53 Å². The number of carbonyl (C=O) groups excluding carboxylic acids is 4. The molecule has 9 heteroatoms. The molecule has 0 saturated carbocycles. The number of fused-ring (bicyclic) bond motifs is 1. The van der Waals surface area contributed by atoms with E-state index in [-0.39, 0.29) is 27.4 Å². The summed E-state index contributed by atoms with van der Waals surface area (Å²) in [5.41, 5.74) is 2.04. The van der Waals surface area contributed by atoms with Gasteiger partial charge in [-0.3, -0.25) is 14.4 Å². The van der Waals surface area contributed by atoms with Crippen molar-refractivity contribution >= 4 is 52.4 Å². The van der Waals surface area contributed by atoms with Crippen LogP contribution in [-0.4, -0.2) is 43.9 Å². The number of anilines is 3. The topological polar surface area (TPSA) is 96.0 Å². The molecule has 1 heterocycles. The fraction of sp³-hybridized carbons (Fsp3) is 0.154. The molecular formula is C26H22ClN3O5. The molecule has 1 aliphatic heterocycles. The minimum Gasteiger partial charge on any atom is -0.449 e. The maximum atomic E-state index is 13.0. The molecule has 1 aliphatic rings. The molecule has 8 nitrogen and oxygen atoms in total. The van der Waals surface area contributed by atoms with Crippen molar-refractivity contribution in [1.29, 1.82) is 0 Å². The Labute approximate surface area is 207 Å². The maximum absolute atomic E-state index is 13.0. The monoisotopic (exact) mass is 491 g/mol. The highest BCUT2D eigenvalue weighted by Gasteiger charge is 2.38. The van der Waals surface area contributed by atoms with E-state index in [0.29, 0.717) is 5.69 Å². The lowest BCUT2D eigenvalue weighted by Gasteiger charge is -2.15. The molecular weight excluding hydrogens is 470 g/mol. The Hall–Kier alpha value is -4.17. The van der Waals surface area contributed by atoms with Crippen LogP contribution in [0.2, 0.25) is 5.02 Å². The first-order valence-corrected chi connectivity index (χ1v) is 11.1. The Morgan fingerprint density at radius 2 is 1.60 bits per heavy atom. The SMILES string of the molecule is CC(OC(=O)c1ccc2c(c1)C(=O)N(c1ccccc1Cl)C2=O)C(=O)Nc1ccc(N(C)C)cc1. The van der Waals surface area contributed by atoms with Crippen molar-refractivity contribution in [3.63, 3.8) is 0 Å². The number of amides is 3. The molecule has 0 bridgehead atoms. The Balaban J connectivity index is 1.46. The average molecular weight is 492 g/mol. The van der Waals surface area contributed by atoms with Crippen molar-refractivity contribution in [1.82, 2.24) is 0 Å². The van der Waals surface area contributed by atoms with Gasteiger partial charge in [0.25, 0.3) is 17.7 Å². The van der Waals surface area contributed by atoms with Crippen LogP contribution in [0.5, 0.6) is 0 Å². The van der Waals surface area contributed by atoms with Crippen LogP contribution in [0.25, 0.3) is 0 Å². The van der Waals surface area contributed by atoms with Crippen LogP contribution in [0.3, 0.4) is 0 Å². The predicted molar refractivity (Wildman–Crippen MR) is 133 cm³/mol. The second-order valence-electron chi connectivity index (χ2n) is 8.14. The van der Waals surface area contributed by atoms with Gasteiger partial charge in [0, 0.05) is 25.5 Å². The van der Waals surface area contributed by atoms with E-state index in [0.717, 1.165) is 10.6 Å². The highest BCUT2D eigenvalue weighted by atomic mass is 35.5. The summed E-state index contributed by atoms with van der Waals surface area (Å²) in [6.45, 7) is 1.45. The van der Waals surface area contributed by atoms with Crippen molar-refractivity contribution in [2.45, 2.75) is 13.0 Å². The minimum absolute atomic E-state index is 0.0425. The largest absolute Gasteiger partial charge is 0.449 e. The molecule has 1 unspecified atom stereocenters. The van der Waals surface area contributed by atoms with E-state index in [2.05, 4.69) is 5.32 Å². The van der Waals surface area contributed by atoms with Gasteiger partial charge in [-0.2, -0.15) is 0 Å². The minimum atomic E-state index is -1.10. The molecule has 0 saturated heterocycles. The Bertz CT molecular complexity index is 1340. The molecule has 1 atom stereocenters. The van der Waals surface area contributed by atoms with Gasteiger partial charge >= 0.3 is 5.97 Å². The summed E-state index contributed by atoms with van der Waals surface area (Å²) in [7, 11) is 3.82. The van der Waals surface area contributed by atoms with Crippen molar-refractivity contribution < 1.29 is 23.9 Å². The van der Waals surface area contributed by atoms with Crippen molar-refractivity contribution in [3.8, 4) is 0 Å². The second kappa shape index (κ2) is 9.60. The summed E-state index contributed by atoms with van der Waals surface area (Å²) >= 11 is 6.17. The molecule has 0 aromatic heterocycles. The first kappa shape index (κ1) is 24.0. The maximum Gasteiger partial charge on any atom is 0.338 e. The number of imide groups is 1. The highest BCUT2D eigenvalue weighted by Crippen LogP contribution is 2.33. The van der Waals surface area contributed by atoms with Crippen molar-refractivity contribution in [2.24, 2.45) is 0 Å². The van der Waals surface area contributed by atoms with Crippen LogP contribution in [0.1, 0.15) is 38.0 Å². The third kappa shape index (κ3) is 4.74. The first-order valence-electron chi connectivity index (χ1n) is 10.7. The highest BCUT2D eigenvalue weighted by molar-refractivity contribution is 6.39. The number of halogens is 1. The van der Waals surface area contributed by atoms with E-state index in [4.69, 9.17) is 16.3 Å². The fourth-order valence-corrected chi connectivity index (χ4v) is 3.81. The number of ether oxygens (including phenoxy) is 1. The van der Waals surface area contributed by atoms with Gasteiger partial charge in [0.05, 0.1) is 27.4 Å². The second-order valence-corrected chi connectivity index (χ2v) is 8.54. The number of rotatable bonds is 6. The van der Waals surface area contributed by atoms with Gasteiger partial charge in [-0.05, 0) is 61.5 Å². The van der Waals surface area contributed by atoms with E-state index in [9.17, 15) is 19.2 Å². The Morgan fingerprint density at radius 3 is 2.26 bits per heavy atom. The van der Waals surface area contributed by atoms with E-state index < -0.39 is 29.8 Å². The Kier molecular flexibility index (Phi) is 6.57. The average Bonchev–Trinajstić information content (AvgIpc) is 3.09. The zero-order chi connectivity index (χ0) is 25.3. The fourth-order valence-electron chi connectivity index (χ4n) is 3.59. The lowest BCUT2D eigenvalue weighted by Crippen LogP contribution is -2.30. The Morgan fingerprint density at radius 1 is 0.943 bits per heavy atom. The van der Waals surface area contributed by atoms with Crippen molar-refractivity contribution in [2.75, 3.05) is 29.2 Å². The normalized spacial score (nSPS) is 13.3. The van der Waals surface area contributed by atoms with Gasteiger partial charge in [-0.1, -0.05) is 23.7 Å². The molecule has 178 valence electrons. The first-order chi connectivity index (χ1) is 16.7. The summed E-state index contributed by atoms with van der Waals surface area (Å²) < 4.78 is 5.29. The quantitative estimate of drug-likeness (QED) is 0.406. The standard InChI is InChI=1S/C26H22ClN3O5/c1-15(23(31)28-17-9-11-18(12-10-17)29(2)3)35-26(34)16-8-13-19-20(14-16)25(33)30(24(19)32)22-7-5-4-6-21(22)27/h4-15H,1-3H3,(H,28,31). The van der Waals surface area contributed by atoms with Crippen LogP contribution in [0, 0.1) is 0 Å². The number of hydrogen-bond acceptors (Lipinski definition) is 6. The molecule has 0 fully saturated rings. The molecule has 0 spiro atoms. The van der Waals surface area contributed by atoms with E-state index in [1.54, 1.807) is 36.4 Å². The van der Waals surface area contributed by atoms with E-state index >= 15 is 0 Å². The van der Waals surface area contributed by atoms with Crippen LogP contribution < -0.4 is 15.1 Å². The van der Waals surface area contributed by atoms with Gasteiger partial charge in [-0.25, -0.2) is 9.69 Å². The van der Waals surface area contributed by atoms with Crippen LogP contribution in [0.4, 0.5) is 17.1 Å². The van der Waals surface area contributed by atoms with E-state index in [1.165, 1.54) is 25.1 Å². The molecule has 0 radical (unpaired) electrons. The number of hydrogen-bond donors (Lipinski definition) is 1. The van der Waals surface area contributed by atoms with Crippen LogP contribution >= 0.6 is 11.6 Å². The summed E-state index contributed by atoms with van der Waals surface area (Å²) in [6, 6.07) is 17.7. The zero-order valence-corrected chi connectivity index (χ0v) is 20.0. The summed E-state index contributed by atoms with van der Waals surface area (Å²) in [5.74, 6) is -2.44. The van der Waals surface area contributed by atoms with Gasteiger partial charge < -0.3 is 15.0 Å². The number of nitrogens with one attached hydrogen (secondary N) is 1. The van der Waals surface area contributed by atoms with Gasteiger partial charge in [0.2, 0.25) is 0 Å². The third-order valence-electron chi connectivity index (χ3n) is 5.52. The smallest absolute Gasteiger partial charge is 0.338 e. The molecule has 3 amide bonds. The zero-order valence-electron chi connectivity index (χ0n) is 19.2. The van der Waals surface area contributed by atoms with Gasteiger partial charge in [0.1, 0.15) is 0 Å². The summed E-state index contributed by atoms with van der Waals surface area (Å²) in [6.07, 6.45) is -1.10. The molecule has 3 aromatic carbocycles. The molecule has 0 aliphatic carbocycles. The van der Waals surface area contributed by atoms with Gasteiger partial charge in [0.15, 0.2) is 6.10 Å². The molecule has 1 N–H and O–H groups in total. The lowest BCUT2D eigenvalue weighted by atomic mass is 10.1. The molecule has 3 aromatic rings. The summed E-state index contributed by atoms with van der Waals surface area (Å²) in [5, 5.41) is 2.94. The number of benzene rings is 3. The van der Waals surface area contributed by atoms with Crippen molar-refractivity contribution in [3.05, 3.63) is 88.4 Å². The lowest BCUT2D eigenvalue weighted by molar-refractivity contribution is -0.123. The summed E-state index contributed by atoms with van der Waals surface area (Å²) in [4.78, 5) is 53.9. The van der Waals surface area contributed by atoms with Crippen LogP contribution in [0.15, 0.2) is 66.7 Å². The number of carbonyl (C=O) groups is 4. The molecule has 4 rings (SSSR count). The number of para-hydroxylation sites is 1. The predicted octanol–water partition coefficient (Wildman–Crippen LogP) is 4.39.